The zero-order valence-electron chi connectivity index (χ0n) is 23.1. The van der Waals surface area contributed by atoms with Crippen LogP contribution in [-0.2, 0) is 11.2 Å². The van der Waals surface area contributed by atoms with Gasteiger partial charge in [0.25, 0.3) is 11.8 Å². The molecule has 3 amide bonds. The van der Waals surface area contributed by atoms with Gasteiger partial charge < -0.3 is 15.4 Å². The van der Waals surface area contributed by atoms with Crippen molar-refractivity contribution in [3.63, 3.8) is 0 Å². The first-order chi connectivity index (χ1) is 18.5. The van der Waals surface area contributed by atoms with Gasteiger partial charge in [0.15, 0.2) is 0 Å². The lowest BCUT2D eigenvalue weighted by molar-refractivity contribution is -0.0448. The lowest BCUT2D eigenvalue weighted by Crippen LogP contribution is -2.69. The smallest absolute Gasteiger partial charge is 0.414 e. The molecule has 39 heavy (non-hydrogen) atoms. The Morgan fingerprint density at radius 3 is 2.31 bits per heavy atom. The largest absolute Gasteiger partial charge is 0.443 e. The van der Waals surface area contributed by atoms with Crippen molar-refractivity contribution in [2.24, 2.45) is 11.8 Å². The Morgan fingerprint density at radius 1 is 0.974 bits per heavy atom. The number of carbonyl (C=O) groups excluding carboxylic acids is 3. The van der Waals surface area contributed by atoms with Crippen molar-refractivity contribution >= 4 is 23.6 Å². The van der Waals surface area contributed by atoms with Crippen molar-refractivity contribution < 1.29 is 19.1 Å². The maximum atomic E-state index is 13.7. The van der Waals surface area contributed by atoms with Crippen LogP contribution >= 0.6 is 0 Å². The Kier molecular flexibility index (Phi) is 6.19. The average molecular weight is 531 g/mol. The molecule has 8 nitrogen and oxygen atoms in total. The van der Waals surface area contributed by atoms with Crippen molar-refractivity contribution in [1.29, 1.82) is 0 Å². The average Bonchev–Trinajstić information content (AvgIpc) is 2.86. The van der Waals surface area contributed by atoms with Crippen LogP contribution in [0.3, 0.4) is 0 Å². The number of nitrogens with zero attached hydrogens (tertiary/aromatic N) is 2. The monoisotopic (exact) mass is 530 g/mol. The van der Waals surface area contributed by atoms with E-state index in [1.54, 1.807) is 17.2 Å². The van der Waals surface area contributed by atoms with E-state index in [2.05, 4.69) is 15.6 Å². The Hall–Kier alpha value is -3.42. The second-order valence-electron chi connectivity index (χ2n) is 13.2. The maximum Gasteiger partial charge on any atom is 0.414 e. The molecule has 0 saturated heterocycles. The third kappa shape index (κ3) is 5.13. The second kappa shape index (κ2) is 9.35. The number of anilines is 1. The molecule has 2 N–H and O–H groups in total. The molecule has 1 aliphatic heterocycles. The van der Waals surface area contributed by atoms with Crippen LogP contribution in [0.4, 0.5) is 10.5 Å². The number of hydrogen-bond acceptors (Lipinski definition) is 5. The number of rotatable bonds is 4. The first-order valence-corrected chi connectivity index (χ1v) is 14.2. The van der Waals surface area contributed by atoms with E-state index in [-0.39, 0.29) is 29.0 Å². The number of benzene rings is 1. The fraction of sp³-hybridized carbons (Fsp3) is 0.548. The topological polar surface area (TPSA) is 101 Å². The SMILES string of the molecule is CC(C)(C)OC(=O)N1CCCc2cc(C(=O)NC34CC5CC(C3)CC(NC(=O)c3ccccn3)(C5)C4)ccc21. The molecular formula is C31H38N4O4. The van der Waals surface area contributed by atoms with E-state index in [9.17, 15) is 14.4 Å². The summed E-state index contributed by atoms with van der Waals surface area (Å²) in [6.45, 7) is 6.19. The Morgan fingerprint density at radius 2 is 1.67 bits per heavy atom. The van der Waals surface area contributed by atoms with E-state index in [4.69, 9.17) is 4.74 Å². The molecule has 2 atom stereocenters. The number of ether oxygens (including phenoxy) is 1. The van der Waals surface area contributed by atoms with Crippen molar-refractivity contribution in [3.05, 3.63) is 59.4 Å². The van der Waals surface area contributed by atoms with Gasteiger partial charge >= 0.3 is 6.09 Å². The maximum absolute atomic E-state index is 13.7. The van der Waals surface area contributed by atoms with Gasteiger partial charge in [-0.2, -0.15) is 0 Å². The molecule has 2 unspecified atom stereocenters. The number of hydrogen-bond donors (Lipinski definition) is 2. The summed E-state index contributed by atoms with van der Waals surface area (Å²) >= 11 is 0. The molecule has 5 aliphatic rings. The van der Waals surface area contributed by atoms with Crippen LogP contribution in [0, 0.1) is 11.8 Å². The number of pyridine rings is 1. The van der Waals surface area contributed by atoms with Crippen molar-refractivity contribution in [2.75, 3.05) is 11.4 Å². The quantitative estimate of drug-likeness (QED) is 0.578. The fourth-order valence-corrected chi connectivity index (χ4v) is 7.92. The van der Waals surface area contributed by atoms with Gasteiger partial charge in [0, 0.05) is 29.4 Å². The number of amides is 3. The Labute approximate surface area is 229 Å². The summed E-state index contributed by atoms with van der Waals surface area (Å²) in [6, 6.07) is 11.0. The summed E-state index contributed by atoms with van der Waals surface area (Å²) in [5.41, 5.74) is 1.65. The molecule has 4 fully saturated rings. The van der Waals surface area contributed by atoms with Crippen molar-refractivity contribution in [2.45, 2.75) is 88.8 Å². The highest BCUT2D eigenvalue weighted by Crippen LogP contribution is 2.57. The molecule has 7 rings (SSSR count). The first kappa shape index (κ1) is 25.8. The first-order valence-electron chi connectivity index (χ1n) is 14.2. The Balaban J connectivity index is 1.19. The lowest BCUT2D eigenvalue weighted by Gasteiger charge is -2.62. The highest BCUT2D eigenvalue weighted by molar-refractivity contribution is 5.97. The molecule has 8 heteroatoms. The molecular weight excluding hydrogens is 492 g/mol. The minimum atomic E-state index is -0.569. The van der Waals surface area contributed by atoms with Gasteiger partial charge in [-0.3, -0.25) is 19.5 Å². The predicted molar refractivity (Wildman–Crippen MR) is 148 cm³/mol. The third-order valence-electron chi connectivity index (χ3n) is 8.79. The zero-order valence-corrected chi connectivity index (χ0v) is 23.1. The van der Waals surface area contributed by atoms with Crippen LogP contribution in [-0.4, -0.2) is 46.1 Å². The van der Waals surface area contributed by atoms with Crippen LogP contribution in [0.25, 0.3) is 0 Å². The summed E-state index contributed by atoms with van der Waals surface area (Å²) in [5.74, 6) is 0.756. The summed E-state index contributed by atoms with van der Waals surface area (Å²) < 4.78 is 5.61. The second-order valence-corrected chi connectivity index (χ2v) is 13.2. The molecule has 1 aromatic carbocycles. The number of fused-ring (bicyclic) bond motifs is 1. The molecule has 206 valence electrons. The standard InChI is InChI=1S/C31H38N4O4/c1-29(2,3)39-28(38)35-12-6-7-22-14-23(9-10-25(22)35)26(36)33-30-15-20-13-21(16-30)18-31(17-20,19-30)34-27(37)24-8-4-5-11-32-24/h4-5,8-11,14,20-21H,6-7,12-13,15-19H2,1-3H3,(H,33,36)(H,34,37). The number of aromatic nitrogens is 1. The van der Waals surface area contributed by atoms with Crippen molar-refractivity contribution in [3.8, 4) is 0 Å². The fourth-order valence-electron chi connectivity index (χ4n) is 7.92. The highest BCUT2D eigenvalue weighted by atomic mass is 16.6. The Bertz CT molecular complexity index is 1290. The number of nitrogens with one attached hydrogen (secondary N) is 2. The molecule has 0 radical (unpaired) electrons. The molecule has 0 spiro atoms. The normalized spacial score (nSPS) is 28.9. The van der Waals surface area contributed by atoms with Crippen LogP contribution in [0.1, 0.15) is 92.1 Å². The van der Waals surface area contributed by atoms with Gasteiger partial charge in [0.1, 0.15) is 11.3 Å². The van der Waals surface area contributed by atoms with E-state index in [0.29, 0.717) is 29.6 Å². The van der Waals surface area contributed by atoms with E-state index in [0.717, 1.165) is 62.6 Å². The molecule has 2 heterocycles. The van der Waals surface area contributed by atoms with Crippen LogP contribution < -0.4 is 15.5 Å². The molecule has 4 bridgehead atoms. The van der Waals surface area contributed by atoms with Crippen LogP contribution in [0.5, 0.6) is 0 Å². The van der Waals surface area contributed by atoms with Crippen LogP contribution in [0.15, 0.2) is 42.6 Å². The van der Waals surface area contributed by atoms with Gasteiger partial charge in [-0.1, -0.05) is 6.07 Å². The van der Waals surface area contributed by atoms with Crippen molar-refractivity contribution in [1.82, 2.24) is 15.6 Å². The molecule has 2 aromatic rings. The zero-order chi connectivity index (χ0) is 27.4. The number of aryl methyl sites for hydroxylation is 1. The highest BCUT2D eigenvalue weighted by Gasteiger charge is 2.58. The van der Waals surface area contributed by atoms with Gasteiger partial charge in [-0.05, 0) is 120 Å². The van der Waals surface area contributed by atoms with Gasteiger partial charge in [0.05, 0.1) is 5.69 Å². The summed E-state index contributed by atoms with van der Waals surface area (Å²) in [4.78, 5) is 45.4. The molecule has 4 aliphatic carbocycles. The van der Waals surface area contributed by atoms with E-state index < -0.39 is 5.60 Å². The minimum absolute atomic E-state index is 0.0830. The summed E-state index contributed by atoms with van der Waals surface area (Å²) in [7, 11) is 0. The van der Waals surface area contributed by atoms with Crippen LogP contribution in [0.2, 0.25) is 0 Å². The van der Waals surface area contributed by atoms with E-state index in [1.165, 1.54) is 0 Å². The number of carbonyl (C=O) groups is 3. The summed E-state index contributed by atoms with van der Waals surface area (Å²) in [5, 5.41) is 6.79. The predicted octanol–water partition coefficient (Wildman–Crippen LogP) is 5.02. The molecule has 1 aromatic heterocycles. The van der Waals surface area contributed by atoms with E-state index >= 15 is 0 Å². The lowest BCUT2D eigenvalue weighted by atomic mass is 9.49. The minimum Gasteiger partial charge on any atom is -0.443 e. The van der Waals surface area contributed by atoms with Gasteiger partial charge in [0.2, 0.25) is 0 Å². The molecule has 4 saturated carbocycles. The van der Waals surface area contributed by atoms with Gasteiger partial charge in [-0.15, -0.1) is 0 Å². The van der Waals surface area contributed by atoms with Gasteiger partial charge in [-0.25, -0.2) is 4.79 Å². The third-order valence-corrected chi connectivity index (χ3v) is 8.79. The summed E-state index contributed by atoms with van der Waals surface area (Å²) in [6.07, 6.45) is 8.65. The van der Waals surface area contributed by atoms with E-state index in [1.807, 2.05) is 51.1 Å².